The van der Waals surface area contributed by atoms with Crippen molar-refractivity contribution in [2.24, 2.45) is 0 Å². The summed E-state index contributed by atoms with van der Waals surface area (Å²) in [7, 11) is 0. The molecule has 0 amide bonds. The van der Waals surface area contributed by atoms with Crippen molar-refractivity contribution >= 4 is 44.6 Å². The quantitative estimate of drug-likeness (QED) is 0.136. The second-order valence-electron chi connectivity index (χ2n) is 14.9. The lowest BCUT2D eigenvalue weighted by Gasteiger charge is -2.35. The number of nitrogens with zero attached hydrogens (tertiary/aromatic N) is 1. The number of hydrogen-bond acceptors (Lipinski definition) is 2. The van der Waals surface area contributed by atoms with Crippen LogP contribution in [0.5, 0.6) is 0 Å². The van der Waals surface area contributed by atoms with Gasteiger partial charge in [0, 0.05) is 27.6 Å². The van der Waals surface area contributed by atoms with Crippen molar-refractivity contribution in [2.75, 3.05) is 4.90 Å². The Hall–Kier alpha value is -6.45. The normalized spacial score (nSPS) is 12.7. The standard InChI is InChI=1S/C52H43NO2/c1-2-3-20-41-42-21-10-12-24-46(42)50(47-25-13-11-22-43(41)47)53(39-29-27-38(28-30-39)51(54)55)40-31-32-45-44-23-14-15-26-48(44)52(49(45)33-40,34-36-16-6-4-7-17-36)35-37-18-8-5-9-19-37/h4-19,21-33H,2-3,20,34-35H2,1H3,(H,54,55). The van der Waals surface area contributed by atoms with Gasteiger partial charge in [0.1, 0.15) is 0 Å². The van der Waals surface area contributed by atoms with E-state index in [1.807, 2.05) is 12.1 Å². The van der Waals surface area contributed by atoms with Crippen LogP contribution in [0.2, 0.25) is 0 Å². The van der Waals surface area contributed by atoms with Gasteiger partial charge in [0.25, 0.3) is 0 Å². The van der Waals surface area contributed by atoms with Gasteiger partial charge in [0.15, 0.2) is 0 Å². The van der Waals surface area contributed by atoms with Crippen molar-refractivity contribution < 1.29 is 9.90 Å². The molecule has 0 heterocycles. The molecular weight excluding hydrogens is 671 g/mol. The summed E-state index contributed by atoms with van der Waals surface area (Å²) in [6, 6.07) is 62.8. The Morgan fingerprint density at radius 2 is 1.05 bits per heavy atom. The fourth-order valence-corrected chi connectivity index (χ4v) is 9.13. The van der Waals surface area contributed by atoms with Crippen LogP contribution in [-0.2, 0) is 24.7 Å². The van der Waals surface area contributed by atoms with Gasteiger partial charge in [-0.15, -0.1) is 0 Å². The minimum atomic E-state index is -0.934. The second-order valence-corrected chi connectivity index (χ2v) is 14.9. The Morgan fingerprint density at radius 1 is 0.545 bits per heavy atom. The molecule has 3 nitrogen and oxygen atoms in total. The van der Waals surface area contributed by atoms with Crippen LogP contribution in [-0.4, -0.2) is 11.1 Å². The lowest BCUT2D eigenvalue weighted by atomic mass is 9.69. The van der Waals surface area contributed by atoms with E-state index < -0.39 is 5.97 Å². The minimum absolute atomic E-state index is 0.266. The van der Waals surface area contributed by atoms with E-state index in [0.717, 1.165) is 49.2 Å². The Labute approximate surface area is 323 Å². The molecule has 55 heavy (non-hydrogen) atoms. The molecule has 1 N–H and O–H groups in total. The second kappa shape index (κ2) is 14.4. The lowest BCUT2D eigenvalue weighted by molar-refractivity contribution is 0.0697. The molecule has 0 radical (unpaired) electrons. The molecule has 8 aromatic rings. The lowest BCUT2D eigenvalue weighted by Crippen LogP contribution is -2.31. The average Bonchev–Trinajstić information content (AvgIpc) is 3.49. The zero-order valence-corrected chi connectivity index (χ0v) is 31.1. The first kappa shape index (κ1) is 34.3. The average molecular weight is 714 g/mol. The number of hydrogen-bond donors (Lipinski definition) is 1. The molecular formula is C52H43NO2. The van der Waals surface area contributed by atoms with E-state index >= 15 is 0 Å². The number of carbonyl (C=O) groups is 1. The van der Waals surface area contributed by atoms with Gasteiger partial charge >= 0.3 is 5.97 Å². The molecule has 9 rings (SSSR count). The molecule has 0 aromatic heterocycles. The third kappa shape index (κ3) is 6.06. The summed E-state index contributed by atoms with van der Waals surface area (Å²) in [5.74, 6) is -0.934. The summed E-state index contributed by atoms with van der Waals surface area (Å²) in [5, 5.41) is 14.8. The van der Waals surface area contributed by atoms with E-state index in [4.69, 9.17) is 0 Å². The van der Waals surface area contributed by atoms with Gasteiger partial charge < -0.3 is 10.0 Å². The molecule has 0 spiro atoms. The molecule has 0 saturated heterocycles. The molecule has 0 aliphatic heterocycles. The van der Waals surface area contributed by atoms with Gasteiger partial charge in [0.05, 0.1) is 11.3 Å². The van der Waals surface area contributed by atoms with Crippen LogP contribution in [0.1, 0.15) is 57.9 Å². The number of benzene rings is 8. The van der Waals surface area contributed by atoms with E-state index in [1.54, 1.807) is 12.1 Å². The molecule has 1 aliphatic rings. The first-order chi connectivity index (χ1) is 27.1. The van der Waals surface area contributed by atoms with Gasteiger partial charge in [-0.1, -0.05) is 153 Å². The van der Waals surface area contributed by atoms with Crippen LogP contribution in [0.25, 0.3) is 32.7 Å². The Kier molecular flexibility index (Phi) is 9.00. The van der Waals surface area contributed by atoms with Crippen LogP contribution in [0, 0.1) is 0 Å². The molecule has 0 unspecified atom stereocenters. The number of fused-ring (bicyclic) bond motifs is 5. The van der Waals surface area contributed by atoms with Gasteiger partial charge in [0.2, 0.25) is 0 Å². The number of unbranched alkanes of at least 4 members (excludes halogenated alkanes) is 1. The number of carboxylic acids is 1. The molecule has 0 fully saturated rings. The highest BCUT2D eigenvalue weighted by Gasteiger charge is 2.43. The predicted molar refractivity (Wildman–Crippen MR) is 228 cm³/mol. The molecule has 1 aliphatic carbocycles. The minimum Gasteiger partial charge on any atom is -0.478 e. The topological polar surface area (TPSA) is 40.5 Å². The Bertz CT molecular complexity index is 2560. The van der Waals surface area contributed by atoms with Gasteiger partial charge in [-0.05, 0) is 112 Å². The monoisotopic (exact) mass is 713 g/mol. The first-order valence-corrected chi connectivity index (χ1v) is 19.4. The van der Waals surface area contributed by atoms with Crippen LogP contribution in [0.3, 0.4) is 0 Å². The zero-order chi connectivity index (χ0) is 37.4. The Balaban J connectivity index is 1.34. The molecule has 0 saturated carbocycles. The van der Waals surface area contributed by atoms with Crippen molar-refractivity contribution in [1.82, 2.24) is 0 Å². The number of rotatable bonds is 11. The summed E-state index contributed by atoms with van der Waals surface area (Å²) in [5.41, 5.74) is 12.2. The smallest absolute Gasteiger partial charge is 0.335 e. The van der Waals surface area contributed by atoms with Crippen molar-refractivity contribution in [3.63, 3.8) is 0 Å². The first-order valence-electron chi connectivity index (χ1n) is 19.4. The SMILES string of the molecule is CCCCc1c2ccccc2c(N(c2ccc(C(=O)O)cc2)c2ccc3c(c2)C(Cc2ccccc2)(Cc2ccccc2)c2ccccc2-3)c2ccccc12. The van der Waals surface area contributed by atoms with Gasteiger partial charge in [-0.2, -0.15) is 0 Å². The third-order valence-corrected chi connectivity index (χ3v) is 11.6. The molecule has 8 aromatic carbocycles. The Morgan fingerprint density at radius 3 is 1.64 bits per heavy atom. The fourth-order valence-electron chi connectivity index (χ4n) is 9.13. The van der Waals surface area contributed by atoms with Crippen LogP contribution in [0.4, 0.5) is 17.1 Å². The molecule has 0 bridgehead atoms. The van der Waals surface area contributed by atoms with E-state index in [2.05, 4.69) is 163 Å². The summed E-state index contributed by atoms with van der Waals surface area (Å²) in [6.07, 6.45) is 4.94. The number of aromatic carboxylic acids is 1. The predicted octanol–water partition coefficient (Wildman–Crippen LogP) is 13.3. The highest BCUT2D eigenvalue weighted by Crippen LogP contribution is 2.55. The zero-order valence-electron chi connectivity index (χ0n) is 31.1. The van der Waals surface area contributed by atoms with E-state index in [1.165, 1.54) is 60.5 Å². The van der Waals surface area contributed by atoms with Crippen molar-refractivity contribution in [1.29, 1.82) is 0 Å². The van der Waals surface area contributed by atoms with Crippen molar-refractivity contribution in [3.05, 3.63) is 209 Å². The largest absolute Gasteiger partial charge is 0.478 e. The number of aryl methyl sites for hydroxylation is 1. The van der Waals surface area contributed by atoms with E-state index in [9.17, 15) is 9.90 Å². The van der Waals surface area contributed by atoms with Gasteiger partial charge in [-0.3, -0.25) is 0 Å². The van der Waals surface area contributed by atoms with E-state index in [0.29, 0.717) is 0 Å². The van der Waals surface area contributed by atoms with Crippen LogP contribution >= 0.6 is 0 Å². The molecule has 0 atom stereocenters. The highest BCUT2D eigenvalue weighted by atomic mass is 16.4. The molecule has 268 valence electrons. The number of anilines is 3. The number of carboxylic acid groups (broad SMARTS) is 1. The van der Waals surface area contributed by atoms with Crippen LogP contribution < -0.4 is 4.90 Å². The highest BCUT2D eigenvalue weighted by molar-refractivity contribution is 6.16. The third-order valence-electron chi connectivity index (χ3n) is 11.6. The van der Waals surface area contributed by atoms with E-state index in [-0.39, 0.29) is 11.0 Å². The summed E-state index contributed by atoms with van der Waals surface area (Å²) in [4.78, 5) is 14.5. The van der Waals surface area contributed by atoms with Gasteiger partial charge in [-0.25, -0.2) is 4.79 Å². The summed E-state index contributed by atoms with van der Waals surface area (Å²) < 4.78 is 0. The van der Waals surface area contributed by atoms with Crippen molar-refractivity contribution in [2.45, 2.75) is 44.4 Å². The molecule has 3 heteroatoms. The fraction of sp³-hybridized carbons (Fsp3) is 0.135. The summed E-state index contributed by atoms with van der Waals surface area (Å²) in [6.45, 7) is 2.25. The van der Waals surface area contributed by atoms with Crippen LogP contribution in [0.15, 0.2) is 176 Å². The maximum Gasteiger partial charge on any atom is 0.335 e. The summed E-state index contributed by atoms with van der Waals surface area (Å²) >= 11 is 0. The van der Waals surface area contributed by atoms with Crippen molar-refractivity contribution in [3.8, 4) is 11.1 Å². The maximum absolute atomic E-state index is 12.1. The maximum atomic E-state index is 12.1.